The standard InChI is InChI=1S/C15H24F3N5S/c1-11(2)9-22-4-6-23(7-5-22)14(19-3)20-8-13-21-12(10-24-13)15(16,17)18/h10-11H,4-9H2,1-3H3,(H,19,20). The van der Waals surface area contributed by atoms with Crippen LogP contribution in [0.2, 0.25) is 0 Å². The van der Waals surface area contributed by atoms with Gasteiger partial charge in [0.05, 0.1) is 6.54 Å². The highest BCUT2D eigenvalue weighted by atomic mass is 32.1. The molecule has 0 bridgehead atoms. The Labute approximate surface area is 144 Å². The summed E-state index contributed by atoms with van der Waals surface area (Å²) in [5, 5.41) is 4.56. The molecule has 1 saturated heterocycles. The fourth-order valence-electron chi connectivity index (χ4n) is 2.67. The first-order chi connectivity index (χ1) is 11.3. The van der Waals surface area contributed by atoms with Crippen LogP contribution in [0.5, 0.6) is 0 Å². The highest BCUT2D eigenvalue weighted by Crippen LogP contribution is 2.29. The van der Waals surface area contributed by atoms with E-state index in [2.05, 4.69) is 38.9 Å². The van der Waals surface area contributed by atoms with Gasteiger partial charge in [0.2, 0.25) is 0 Å². The molecule has 0 radical (unpaired) electrons. The lowest BCUT2D eigenvalue weighted by Gasteiger charge is -2.37. The molecule has 0 aliphatic carbocycles. The van der Waals surface area contributed by atoms with E-state index in [1.165, 1.54) is 0 Å². The molecule has 1 aromatic heterocycles. The zero-order valence-electron chi connectivity index (χ0n) is 14.2. The van der Waals surface area contributed by atoms with Gasteiger partial charge >= 0.3 is 6.18 Å². The Balaban J connectivity index is 1.84. The molecule has 0 saturated carbocycles. The number of nitrogens with zero attached hydrogens (tertiary/aromatic N) is 4. The van der Waals surface area contributed by atoms with Gasteiger partial charge in [-0.2, -0.15) is 13.2 Å². The Morgan fingerprint density at radius 1 is 1.33 bits per heavy atom. The molecular formula is C15H24F3N5S. The lowest BCUT2D eigenvalue weighted by atomic mass is 10.2. The van der Waals surface area contributed by atoms with Crippen molar-refractivity contribution in [3.8, 4) is 0 Å². The van der Waals surface area contributed by atoms with Crippen molar-refractivity contribution in [1.29, 1.82) is 0 Å². The largest absolute Gasteiger partial charge is 0.434 e. The molecule has 1 aromatic rings. The fraction of sp³-hybridized carbons (Fsp3) is 0.733. The number of halogens is 3. The molecule has 0 amide bonds. The van der Waals surface area contributed by atoms with Crippen LogP contribution in [0, 0.1) is 5.92 Å². The maximum Gasteiger partial charge on any atom is 0.434 e. The summed E-state index contributed by atoms with van der Waals surface area (Å²) >= 11 is 1.01. The second-order valence-corrected chi connectivity index (χ2v) is 7.15. The molecule has 136 valence electrons. The average Bonchev–Trinajstić information content (AvgIpc) is 2.98. The zero-order valence-corrected chi connectivity index (χ0v) is 15.0. The van der Waals surface area contributed by atoms with Crippen molar-refractivity contribution in [2.45, 2.75) is 26.6 Å². The Bertz CT molecular complexity index is 548. The van der Waals surface area contributed by atoms with E-state index < -0.39 is 11.9 Å². The van der Waals surface area contributed by atoms with Gasteiger partial charge in [-0.1, -0.05) is 13.8 Å². The second-order valence-electron chi connectivity index (χ2n) is 6.21. The Kier molecular flexibility index (Phi) is 6.45. The highest BCUT2D eigenvalue weighted by molar-refractivity contribution is 7.09. The molecule has 24 heavy (non-hydrogen) atoms. The van der Waals surface area contributed by atoms with E-state index >= 15 is 0 Å². The van der Waals surface area contributed by atoms with Crippen LogP contribution in [-0.2, 0) is 12.7 Å². The number of aliphatic imine (C=N–C) groups is 1. The monoisotopic (exact) mass is 363 g/mol. The number of aromatic nitrogens is 1. The molecule has 1 fully saturated rings. The molecule has 0 aromatic carbocycles. The maximum absolute atomic E-state index is 12.6. The topological polar surface area (TPSA) is 43.8 Å². The van der Waals surface area contributed by atoms with Gasteiger partial charge in [0, 0.05) is 45.2 Å². The minimum absolute atomic E-state index is 0.250. The number of alkyl halides is 3. The summed E-state index contributed by atoms with van der Waals surface area (Å²) in [4.78, 5) is 12.4. The predicted molar refractivity (Wildman–Crippen MR) is 90.2 cm³/mol. The predicted octanol–water partition coefficient (Wildman–Crippen LogP) is 2.51. The van der Waals surface area contributed by atoms with E-state index in [1.807, 2.05) is 0 Å². The lowest BCUT2D eigenvalue weighted by molar-refractivity contribution is -0.140. The molecule has 2 heterocycles. The SMILES string of the molecule is CN=C(NCc1nc(C(F)(F)F)cs1)N1CCN(CC(C)C)CC1. The van der Waals surface area contributed by atoms with Crippen LogP contribution in [0.25, 0.3) is 0 Å². The molecule has 5 nitrogen and oxygen atoms in total. The van der Waals surface area contributed by atoms with E-state index in [1.54, 1.807) is 7.05 Å². The van der Waals surface area contributed by atoms with Gasteiger partial charge in [-0.05, 0) is 5.92 Å². The third kappa shape index (κ3) is 5.34. The summed E-state index contributed by atoms with van der Waals surface area (Å²) in [6.45, 7) is 9.39. The minimum Gasteiger partial charge on any atom is -0.350 e. The Hall–Kier alpha value is -1.35. The van der Waals surface area contributed by atoms with E-state index in [4.69, 9.17) is 0 Å². The number of thiazole rings is 1. The van der Waals surface area contributed by atoms with Crippen LogP contribution in [0.4, 0.5) is 13.2 Å². The molecule has 1 aliphatic heterocycles. The Morgan fingerprint density at radius 2 is 2.00 bits per heavy atom. The summed E-state index contributed by atoms with van der Waals surface area (Å²) in [6.07, 6.45) is -4.39. The third-order valence-corrected chi connectivity index (χ3v) is 4.60. The van der Waals surface area contributed by atoms with E-state index in [0.717, 1.165) is 49.4 Å². The average molecular weight is 363 g/mol. The molecule has 1 N–H and O–H groups in total. The third-order valence-electron chi connectivity index (χ3n) is 3.75. The van der Waals surface area contributed by atoms with Gasteiger partial charge in [0.15, 0.2) is 11.7 Å². The first-order valence-electron chi connectivity index (χ1n) is 7.99. The number of hydrogen-bond donors (Lipinski definition) is 1. The van der Waals surface area contributed by atoms with Gasteiger partial charge in [-0.15, -0.1) is 11.3 Å². The minimum atomic E-state index is -4.39. The normalized spacial score (nSPS) is 17.6. The molecule has 2 rings (SSSR count). The smallest absolute Gasteiger partial charge is 0.350 e. The van der Waals surface area contributed by atoms with Gasteiger partial charge in [0.25, 0.3) is 0 Å². The summed E-state index contributed by atoms with van der Waals surface area (Å²) in [5.41, 5.74) is -0.832. The molecule has 9 heteroatoms. The van der Waals surface area contributed by atoms with E-state index in [9.17, 15) is 13.2 Å². The zero-order chi connectivity index (χ0) is 17.7. The first-order valence-corrected chi connectivity index (χ1v) is 8.87. The van der Waals surface area contributed by atoms with Gasteiger partial charge in [0.1, 0.15) is 5.01 Å². The van der Waals surface area contributed by atoms with Crippen molar-refractivity contribution in [2.75, 3.05) is 39.8 Å². The molecule has 0 unspecified atom stereocenters. The van der Waals surface area contributed by atoms with Crippen LogP contribution in [0.15, 0.2) is 10.4 Å². The van der Waals surface area contributed by atoms with Gasteiger partial charge in [-0.25, -0.2) is 4.98 Å². The van der Waals surface area contributed by atoms with E-state index in [0.29, 0.717) is 16.9 Å². The van der Waals surface area contributed by atoms with Gasteiger partial charge in [-0.3, -0.25) is 9.89 Å². The maximum atomic E-state index is 12.6. The van der Waals surface area contributed by atoms with Crippen LogP contribution < -0.4 is 5.32 Å². The highest BCUT2D eigenvalue weighted by Gasteiger charge is 2.33. The number of piperazine rings is 1. The van der Waals surface area contributed by atoms with Crippen molar-refractivity contribution < 1.29 is 13.2 Å². The number of hydrogen-bond acceptors (Lipinski definition) is 4. The molecule has 0 atom stereocenters. The van der Waals surface area contributed by atoms with E-state index in [-0.39, 0.29) is 6.54 Å². The summed E-state index contributed by atoms with van der Waals surface area (Å²) in [6, 6.07) is 0. The summed E-state index contributed by atoms with van der Waals surface area (Å²) in [7, 11) is 1.69. The van der Waals surface area contributed by atoms with Crippen molar-refractivity contribution in [1.82, 2.24) is 20.1 Å². The number of guanidine groups is 1. The molecular weight excluding hydrogens is 339 g/mol. The quantitative estimate of drug-likeness (QED) is 0.659. The number of nitrogens with one attached hydrogen (secondary N) is 1. The Morgan fingerprint density at radius 3 is 2.50 bits per heavy atom. The van der Waals surface area contributed by atoms with Crippen molar-refractivity contribution >= 4 is 17.3 Å². The number of rotatable bonds is 4. The van der Waals surface area contributed by atoms with Crippen LogP contribution in [0.3, 0.4) is 0 Å². The van der Waals surface area contributed by atoms with Crippen molar-refractivity contribution in [3.63, 3.8) is 0 Å². The molecule has 1 aliphatic rings. The van der Waals surface area contributed by atoms with Crippen LogP contribution >= 0.6 is 11.3 Å². The second kappa shape index (κ2) is 8.15. The van der Waals surface area contributed by atoms with Crippen molar-refractivity contribution in [3.05, 3.63) is 16.1 Å². The summed E-state index contributed by atoms with van der Waals surface area (Å²) in [5.74, 6) is 1.35. The summed E-state index contributed by atoms with van der Waals surface area (Å²) < 4.78 is 37.7. The fourth-order valence-corrected chi connectivity index (χ4v) is 3.41. The van der Waals surface area contributed by atoms with Crippen LogP contribution in [-0.4, -0.2) is 60.5 Å². The first kappa shape index (κ1) is 19.0. The van der Waals surface area contributed by atoms with Gasteiger partial charge < -0.3 is 10.2 Å². The molecule has 0 spiro atoms. The van der Waals surface area contributed by atoms with Crippen molar-refractivity contribution in [2.24, 2.45) is 10.9 Å². The lowest BCUT2D eigenvalue weighted by Crippen LogP contribution is -2.52. The van der Waals surface area contributed by atoms with Crippen LogP contribution in [0.1, 0.15) is 24.5 Å².